The maximum Gasteiger partial charge on any atom is 0.265 e. The van der Waals surface area contributed by atoms with E-state index < -0.39 is 10.0 Å². The van der Waals surface area contributed by atoms with Crippen molar-refractivity contribution in [2.75, 3.05) is 11.3 Å². The fourth-order valence-corrected chi connectivity index (χ4v) is 3.26. The summed E-state index contributed by atoms with van der Waals surface area (Å²) < 4.78 is 28.3. The van der Waals surface area contributed by atoms with Crippen LogP contribution >= 0.6 is 0 Å². The minimum atomic E-state index is -3.70. The zero-order valence-corrected chi connectivity index (χ0v) is 12.1. The number of hydrogen-bond acceptors (Lipinski definition) is 4. The van der Waals surface area contributed by atoms with Crippen molar-refractivity contribution < 1.29 is 13.2 Å². The summed E-state index contributed by atoms with van der Waals surface area (Å²) in [6.45, 7) is 0.604. The second-order valence-electron chi connectivity index (χ2n) is 4.83. The zero-order chi connectivity index (χ0) is 15.0. The quantitative estimate of drug-likeness (QED) is 0.864. The van der Waals surface area contributed by atoms with Crippen LogP contribution in [0.4, 0.5) is 5.69 Å². The number of nitrogens with one attached hydrogen (secondary N) is 2. The molecule has 1 aliphatic rings. The standard InChI is InChI=1S/C13H14N4O3S/c1-17-8-11(7-15-17)21(19,20)16-10-3-2-9-4-5-14-13(18)12(9)6-10/h2-3,6-8,16H,4-5H2,1H3,(H,14,18). The summed E-state index contributed by atoms with van der Waals surface area (Å²) in [7, 11) is -2.06. The number of hydrogen-bond donors (Lipinski definition) is 2. The van der Waals surface area contributed by atoms with Gasteiger partial charge in [-0.15, -0.1) is 0 Å². The molecule has 1 aromatic carbocycles. The number of nitrogens with zero attached hydrogens (tertiary/aromatic N) is 2. The van der Waals surface area contributed by atoms with Gasteiger partial charge in [0.05, 0.1) is 6.20 Å². The number of amides is 1. The van der Waals surface area contributed by atoms with Gasteiger partial charge < -0.3 is 5.32 Å². The molecule has 7 nitrogen and oxygen atoms in total. The third-order valence-electron chi connectivity index (χ3n) is 3.28. The van der Waals surface area contributed by atoms with E-state index in [2.05, 4.69) is 15.1 Å². The van der Waals surface area contributed by atoms with E-state index in [-0.39, 0.29) is 10.8 Å². The second kappa shape index (κ2) is 4.88. The number of carbonyl (C=O) groups is 1. The van der Waals surface area contributed by atoms with Crippen LogP contribution in [-0.4, -0.2) is 30.7 Å². The van der Waals surface area contributed by atoms with Crippen LogP contribution in [0.2, 0.25) is 0 Å². The number of benzene rings is 1. The summed E-state index contributed by atoms with van der Waals surface area (Å²) in [6, 6.07) is 4.98. The van der Waals surface area contributed by atoms with Gasteiger partial charge in [0.2, 0.25) is 0 Å². The van der Waals surface area contributed by atoms with Crippen molar-refractivity contribution in [3.63, 3.8) is 0 Å². The first-order valence-corrected chi connectivity index (χ1v) is 7.86. The Kier molecular flexibility index (Phi) is 3.17. The predicted octanol–water partition coefficient (Wildman–Crippen LogP) is 0.507. The van der Waals surface area contributed by atoms with Crippen molar-refractivity contribution in [3.05, 3.63) is 41.7 Å². The second-order valence-corrected chi connectivity index (χ2v) is 6.52. The molecule has 0 radical (unpaired) electrons. The van der Waals surface area contributed by atoms with Gasteiger partial charge in [-0.25, -0.2) is 8.42 Å². The molecule has 0 saturated carbocycles. The van der Waals surface area contributed by atoms with E-state index in [1.807, 2.05) is 0 Å². The molecular formula is C13H14N4O3S. The summed E-state index contributed by atoms with van der Waals surface area (Å²) in [6.07, 6.45) is 3.43. The summed E-state index contributed by atoms with van der Waals surface area (Å²) in [4.78, 5) is 11.9. The smallest absolute Gasteiger partial charge is 0.265 e. The average Bonchev–Trinajstić information content (AvgIpc) is 2.87. The van der Waals surface area contributed by atoms with Gasteiger partial charge in [0.15, 0.2) is 0 Å². The van der Waals surface area contributed by atoms with E-state index in [1.54, 1.807) is 25.2 Å². The topological polar surface area (TPSA) is 93.1 Å². The van der Waals surface area contributed by atoms with Gasteiger partial charge in [0, 0.05) is 31.0 Å². The molecule has 1 aliphatic heterocycles. The average molecular weight is 306 g/mol. The first-order chi connectivity index (χ1) is 9.95. The van der Waals surface area contributed by atoms with E-state index in [4.69, 9.17) is 0 Å². The highest BCUT2D eigenvalue weighted by Crippen LogP contribution is 2.21. The zero-order valence-electron chi connectivity index (χ0n) is 11.3. The Labute approximate surface area is 122 Å². The van der Waals surface area contributed by atoms with Crippen LogP contribution in [0.5, 0.6) is 0 Å². The van der Waals surface area contributed by atoms with Crippen molar-refractivity contribution in [1.29, 1.82) is 0 Å². The van der Waals surface area contributed by atoms with Crippen molar-refractivity contribution in [2.24, 2.45) is 7.05 Å². The molecule has 1 aromatic heterocycles. The monoisotopic (exact) mass is 306 g/mol. The molecular weight excluding hydrogens is 292 g/mol. The van der Waals surface area contributed by atoms with E-state index in [1.165, 1.54) is 17.1 Å². The Balaban J connectivity index is 1.92. The molecule has 2 N–H and O–H groups in total. The summed E-state index contributed by atoms with van der Waals surface area (Å²) in [5.74, 6) is -0.182. The van der Waals surface area contributed by atoms with Crippen LogP contribution in [0, 0.1) is 0 Å². The van der Waals surface area contributed by atoms with Crippen molar-refractivity contribution in [1.82, 2.24) is 15.1 Å². The van der Waals surface area contributed by atoms with Gasteiger partial charge in [-0.3, -0.25) is 14.2 Å². The van der Waals surface area contributed by atoms with Gasteiger partial charge in [-0.1, -0.05) is 6.07 Å². The molecule has 0 atom stereocenters. The third kappa shape index (κ3) is 2.62. The molecule has 8 heteroatoms. The van der Waals surface area contributed by atoms with Gasteiger partial charge in [-0.2, -0.15) is 5.10 Å². The third-order valence-corrected chi connectivity index (χ3v) is 4.61. The Morgan fingerprint density at radius 2 is 2.19 bits per heavy atom. The molecule has 2 heterocycles. The molecule has 0 fully saturated rings. The molecule has 3 rings (SSSR count). The minimum absolute atomic E-state index is 0.0761. The maximum absolute atomic E-state index is 12.2. The Morgan fingerprint density at radius 3 is 2.90 bits per heavy atom. The molecule has 0 bridgehead atoms. The molecule has 2 aromatic rings. The Bertz CT molecular complexity index is 811. The highest BCUT2D eigenvalue weighted by molar-refractivity contribution is 7.92. The largest absolute Gasteiger partial charge is 0.352 e. The minimum Gasteiger partial charge on any atom is -0.352 e. The van der Waals surface area contributed by atoms with Crippen LogP contribution in [0.15, 0.2) is 35.5 Å². The van der Waals surface area contributed by atoms with Gasteiger partial charge in [0.25, 0.3) is 15.9 Å². The first-order valence-electron chi connectivity index (χ1n) is 6.38. The Hall–Kier alpha value is -2.35. The van der Waals surface area contributed by atoms with Crippen molar-refractivity contribution >= 4 is 21.6 Å². The molecule has 1 amide bonds. The number of anilines is 1. The van der Waals surface area contributed by atoms with E-state index >= 15 is 0 Å². The van der Waals surface area contributed by atoms with Crippen LogP contribution in [-0.2, 0) is 23.5 Å². The lowest BCUT2D eigenvalue weighted by Crippen LogP contribution is -2.31. The van der Waals surface area contributed by atoms with Crippen LogP contribution in [0.3, 0.4) is 0 Å². The number of aryl methyl sites for hydroxylation is 1. The van der Waals surface area contributed by atoms with Crippen molar-refractivity contribution in [3.8, 4) is 0 Å². The van der Waals surface area contributed by atoms with Crippen LogP contribution < -0.4 is 10.0 Å². The van der Waals surface area contributed by atoms with Gasteiger partial charge >= 0.3 is 0 Å². The molecule has 0 spiro atoms. The molecule has 0 saturated heterocycles. The normalized spacial score (nSPS) is 14.4. The molecule has 0 aliphatic carbocycles. The van der Waals surface area contributed by atoms with Crippen LogP contribution in [0.1, 0.15) is 15.9 Å². The predicted molar refractivity (Wildman–Crippen MR) is 76.5 cm³/mol. The van der Waals surface area contributed by atoms with Crippen molar-refractivity contribution in [2.45, 2.75) is 11.3 Å². The Morgan fingerprint density at radius 1 is 1.38 bits per heavy atom. The molecule has 110 valence electrons. The van der Waals surface area contributed by atoms with E-state index in [9.17, 15) is 13.2 Å². The number of fused-ring (bicyclic) bond motifs is 1. The fourth-order valence-electron chi connectivity index (χ4n) is 2.23. The number of aromatic nitrogens is 2. The highest BCUT2D eigenvalue weighted by Gasteiger charge is 2.20. The molecule has 0 unspecified atom stereocenters. The number of rotatable bonds is 3. The van der Waals surface area contributed by atoms with Crippen LogP contribution in [0.25, 0.3) is 0 Å². The lowest BCUT2D eigenvalue weighted by molar-refractivity contribution is 0.0946. The highest BCUT2D eigenvalue weighted by atomic mass is 32.2. The van der Waals surface area contributed by atoms with Gasteiger partial charge in [-0.05, 0) is 24.1 Å². The molecule has 21 heavy (non-hydrogen) atoms. The number of sulfonamides is 1. The van der Waals surface area contributed by atoms with Gasteiger partial charge in [0.1, 0.15) is 4.90 Å². The lowest BCUT2D eigenvalue weighted by Gasteiger charge is -2.17. The lowest BCUT2D eigenvalue weighted by atomic mass is 10.00. The fraction of sp³-hybridized carbons (Fsp3) is 0.231. The summed E-state index contributed by atoms with van der Waals surface area (Å²) >= 11 is 0. The van der Waals surface area contributed by atoms with E-state index in [0.29, 0.717) is 17.8 Å². The SMILES string of the molecule is Cn1cc(S(=O)(=O)Nc2ccc3c(c2)C(=O)NCC3)cn1. The maximum atomic E-state index is 12.2. The van der Waals surface area contributed by atoms with E-state index in [0.717, 1.165) is 12.0 Å². The first kappa shape index (κ1) is 13.6. The summed E-state index contributed by atoms with van der Waals surface area (Å²) in [5.41, 5.74) is 1.78. The summed E-state index contributed by atoms with van der Waals surface area (Å²) in [5, 5.41) is 6.57. The number of carbonyl (C=O) groups excluding carboxylic acids is 1.